The highest BCUT2D eigenvalue weighted by molar-refractivity contribution is 7.85. The zero-order chi connectivity index (χ0) is 9.83. The van der Waals surface area contributed by atoms with E-state index in [-0.39, 0.29) is 4.48 Å². The summed E-state index contributed by atoms with van der Waals surface area (Å²) >= 11 is 0. The molecule has 12 heavy (non-hydrogen) atoms. The van der Waals surface area contributed by atoms with Crippen molar-refractivity contribution in [2.24, 2.45) is 0 Å². The van der Waals surface area contributed by atoms with E-state index in [0.29, 0.717) is 0 Å². The van der Waals surface area contributed by atoms with Crippen molar-refractivity contribution >= 4 is 10.1 Å². The normalized spacial score (nSPS) is 12.1. The second kappa shape index (κ2) is 3.66. The van der Waals surface area contributed by atoms with Crippen molar-refractivity contribution in [1.82, 2.24) is 0 Å². The smallest absolute Gasteiger partial charge is 0.181 e. The van der Waals surface area contributed by atoms with E-state index in [1.54, 1.807) is 0 Å². The lowest BCUT2D eigenvalue weighted by Crippen LogP contribution is -2.35. The van der Waals surface area contributed by atoms with Crippen molar-refractivity contribution in [3.05, 3.63) is 38.3 Å². The highest BCUT2D eigenvalue weighted by atomic mass is 32.2. The Bertz CT molecular complexity index is 270. The van der Waals surface area contributed by atoms with E-state index in [2.05, 4.69) is 19.7 Å². The highest BCUT2D eigenvalue weighted by Crippen LogP contribution is 2.10. The van der Waals surface area contributed by atoms with Crippen molar-refractivity contribution < 1.29 is 17.5 Å². The van der Waals surface area contributed by atoms with E-state index >= 15 is 0 Å². The molecule has 0 aliphatic heterocycles. The third-order valence-electron chi connectivity index (χ3n) is 1.40. The summed E-state index contributed by atoms with van der Waals surface area (Å²) < 4.78 is 30.9. The van der Waals surface area contributed by atoms with Gasteiger partial charge in [0.1, 0.15) is 10.1 Å². The molecule has 0 aliphatic carbocycles. The van der Waals surface area contributed by atoms with Crippen molar-refractivity contribution in [1.29, 1.82) is 0 Å². The minimum Gasteiger partial charge on any atom is -0.744 e. The Labute approximate surface area is 72.5 Å². The van der Waals surface area contributed by atoms with Gasteiger partial charge in [-0.15, -0.1) is 0 Å². The third kappa shape index (κ3) is 3.00. The van der Waals surface area contributed by atoms with Crippen molar-refractivity contribution in [3.8, 4) is 0 Å². The summed E-state index contributed by atoms with van der Waals surface area (Å²) in [4.78, 5) is 0. The first-order valence-corrected chi connectivity index (χ1v) is 4.68. The van der Waals surface area contributed by atoms with Crippen molar-refractivity contribution in [2.75, 3.05) is 5.88 Å². The summed E-state index contributed by atoms with van der Waals surface area (Å²) in [6, 6.07) is 0. The second-order valence-corrected chi connectivity index (χ2v) is 3.60. The first kappa shape index (κ1) is 11.1. The van der Waals surface area contributed by atoms with Crippen LogP contribution in [0.5, 0.6) is 0 Å². The van der Waals surface area contributed by atoms with E-state index in [0.717, 1.165) is 0 Å². The van der Waals surface area contributed by atoms with E-state index in [1.165, 1.54) is 18.6 Å². The largest absolute Gasteiger partial charge is 0.744 e. The van der Waals surface area contributed by atoms with E-state index in [1.807, 2.05) is 0 Å². The zero-order valence-electron chi connectivity index (χ0n) is 6.64. The quantitative estimate of drug-likeness (QED) is 0.473. The van der Waals surface area contributed by atoms with Gasteiger partial charge in [0.15, 0.2) is 5.88 Å². The fourth-order valence-electron chi connectivity index (χ4n) is 0.656. The maximum absolute atomic E-state index is 10.4. The lowest BCUT2D eigenvalue weighted by atomic mass is 10.6. The molecule has 0 spiro atoms. The molecule has 0 radical (unpaired) electrons. The SMILES string of the molecule is C=C[N+](C=C)(C=C)CS(=O)(=O)[O-]. The fourth-order valence-corrected chi connectivity index (χ4v) is 1.52. The van der Waals surface area contributed by atoms with Crippen LogP contribution in [0.25, 0.3) is 0 Å². The summed E-state index contributed by atoms with van der Waals surface area (Å²) in [5.41, 5.74) is 0. The first-order valence-electron chi connectivity index (χ1n) is 3.10. The Balaban J connectivity index is 4.88. The molecule has 0 amide bonds. The summed E-state index contributed by atoms with van der Waals surface area (Å²) in [7, 11) is -4.31. The van der Waals surface area contributed by atoms with Gasteiger partial charge < -0.3 is 4.55 Å². The molecule has 68 valence electrons. The second-order valence-electron chi connectivity index (χ2n) is 2.23. The van der Waals surface area contributed by atoms with Crippen LogP contribution in [-0.2, 0) is 10.1 Å². The van der Waals surface area contributed by atoms with Crippen LogP contribution in [0.2, 0.25) is 0 Å². The molecule has 0 saturated carbocycles. The molecule has 4 nitrogen and oxygen atoms in total. The molecule has 0 rings (SSSR count). The summed E-state index contributed by atoms with van der Waals surface area (Å²) in [5, 5.41) is 0. The molecule has 0 N–H and O–H groups in total. The van der Waals surface area contributed by atoms with Crippen LogP contribution in [0.1, 0.15) is 0 Å². The summed E-state index contributed by atoms with van der Waals surface area (Å²) in [5.74, 6) is -0.635. The molecular formula is C7H11NO3S. The first-order chi connectivity index (χ1) is 5.39. The van der Waals surface area contributed by atoms with Crippen LogP contribution in [0.4, 0.5) is 0 Å². The van der Waals surface area contributed by atoms with Crippen LogP contribution in [0.3, 0.4) is 0 Å². The third-order valence-corrected chi connectivity index (χ3v) is 2.16. The van der Waals surface area contributed by atoms with Gasteiger partial charge in [0, 0.05) is 0 Å². The van der Waals surface area contributed by atoms with Crippen LogP contribution in [0, 0.1) is 0 Å². The molecule has 0 aliphatic rings. The van der Waals surface area contributed by atoms with Crippen LogP contribution < -0.4 is 0 Å². The van der Waals surface area contributed by atoms with Gasteiger partial charge in [0.2, 0.25) is 0 Å². The topological polar surface area (TPSA) is 57.2 Å². The van der Waals surface area contributed by atoms with Crippen LogP contribution in [0.15, 0.2) is 38.3 Å². The predicted molar refractivity (Wildman–Crippen MR) is 45.4 cm³/mol. The lowest BCUT2D eigenvalue weighted by molar-refractivity contribution is -0.758. The molecule has 0 aromatic rings. The van der Waals surface area contributed by atoms with Crippen molar-refractivity contribution in [3.63, 3.8) is 0 Å². The maximum Gasteiger partial charge on any atom is 0.181 e. The monoisotopic (exact) mass is 189 g/mol. The van der Waals surface area contributed by atoms with E-state index < -0.39 is 16.0 Å². The van der Waals surface area contributed by atoms with Crippen LogP contribution in [-0.4, -0.2) is 23.3 Å². The molecular weight excluding hydrogens is 178 g/mol. The summed E-state index contributed by atoms with van der Waals surface area (Å²) in [6.07, 6.45) is 3.82. The molecule has 5 heteroatoms. The number of nitrogens with zero attached hydrogens (tertiary/aromatic N) is 1. The molecule has 0 fully saturated rings. The minimum absolute atomic E-state index is 0.341. The lowest BCUT2D eigenvalue weighted by Gasteiger charge is -2.25. The van der Waals surface area contributed by atoms with Gasteiger partial charge in [-0.05, 0) is 19.7 Å². The highest BCUT2D eigenvalue weighted by Gasteiger charge is 2.19. The molecule has 0 unspecified atom stereocenters. The molecule has 0 aromatic carbocycles. The molecule has 0 aromatic heterocycles. The number of rotatable bonds is 5. The van der Waals surface area contributed by atoms with Crippen molar-refractivity contribution in [2.45, 2.75) is 0 Å². The predicted octanol–water partition coefficient (Wildman–Crippen LogP) is 0.736. The molecule has 0 saturated heterocycles. The molecule has 0 atom stereocenters. The Morgan fingerprint density at radius 1 is 1.17 bits per heavy atom. The van der Waals surface area contributed by atoms with E-state index in [9.17, 15) is 13.0 Å². The minimum atomic E-state index is -4.31. The zero-order valence-corrected chi connectivity index (χ0v) is 7.46. The van der Waals surface area contributed by atoms with Gasteiger partial charge in [-0.2, -0.15) is 0 Å². The van der Waals surface area contributed by atoms with Gasteiger partial charge in [0.25, 0.3) is 0 Å². The van der Waals surface area contributed by atoms with Gasteiger partial charge in [-0.3, -0.25) is 0 Å². The van der Waals surface area contributed by atoms with Gasteiger partial charge in [-0.1, -0.05) is 0 Å². The molecule has 0 bridgehead atoms. The number of quaternary nitrogens is 1. The fraction of sp³-hybridized carbons (Fsp3) is 0.143. The van der Waals surface area contributed by atoms with Crippen LogP contribution >= 0.6 is 0 Å². The Hall–Kier alpha value is -0.910. The average Bonchev–Trinajstić information content (AvgIpc) is 1.99. The van der Waals surface area contributed by atoms with E-state index in [4.69, 9.17) is 0 Å². The Morgan fingerprint density at radius 3 is 1.58 bits per heavy atom. The standard InChI is InChI=1S/C7H11NO3S/c1-4-8(5-2,6-3)7-12(9,10)11/h4-6H,1-3,7H2. The molecule has 0 heterocycles. The average molecular weight is 189 g/mol. The maximum atomic E-state index is 10.4. The van der Waals surface area contributed by atoms with Gasteiger partial charge >= 0.3 is 0 Å². The summed E-state index contributed by atoms with van der Waals surface area (Å²) in [6.45, 7) is 10.2. The number of hydrogen-bond acceptors (Lipinski definition) is 3. The number of hydrogen-bond donors (Lipinski definition) is 0. The van der Waals surface area contributed by atoms with Gasteiger partial charge in [-0.25, -0.2) is 12.9 Å². The Morgan fingerprint density at radius 2 is 1.50 bits per heavy atom. The van der Waals surface area contributed by atoms with Gasteiger partial charge in [0.05, 0.1) is 18.6 Å². The Kier molecular flexibility index (Phi) is 3.38.